The first-order valence-corrected chi connectivity index (χ1v) is 14.0. The van der Waals surface area contributed by atoms with Crippen LogP contribution in [0.15, 0.2) is 158 Å². The number of anilines is 4. The van der Waals surface area contributed by atoms with Crippen molar-refractivity contribution in [3.8, 4) is 22.3 Å². The minimum Gasteiger partial charge on any atom is -0.354 e. The van der Waals surface area contributed by atoms with Gasteiger partial charge in [-0.05, 0) is 98.4 Å². The molecule has 0 aliphatic rings. The summed E-state index contributed by atoms with van der Waals surface area (Å²) in [4.78, 5) is 2.21. The molecule has 196 valence electrons. The average molecular weight is 527 g/mol. The zero-order valence-corrected chi connectivity index (χ0v) is 23.0. The Morgan fingerprint density at radius 2 is 0.951 bits per heavy atom. The highest BCUT2D eigenvalue weighted by Crippen LogP contribution is 2.35. The van der Waals surface area contributed by atoms with Crippen LogP contribution in [0.1, 0.15) is 0 Å². The third-order valence-electron chi connectivity index (χ3n) is 7.81. The number of benzene rings is 7. The van der Waals surface area contributed by atoms with E-state index in [-0.39, 0.29) is 0 Å². The summed E-state index contributed by atoms with van der Waals surface area (Å²) in [5, 5.41) is 8.68. The quantitative estimate of drug-likeness (QED) is 0.232. The van der Waals surface area contributed by atoms with Crippen LogP contribution in [-0.4, -0.2) is 7.05 Å². The maximum Gasteiger partial charge on any atom is 0.0647 e. The lowest BCUT2D eigenvalue weighted by Crippen LogP contribution is -2.11. The van der Waals surface area contributed by atoms with Gasteiger partial charge >= 0.3 is 0 Å². The van der Waals surface area contributed by atoms with E-state index in [2.05, 4.69) is 169 Å². The van der Waals surface area contributed by atoms with Gasteiger partial charge in [-0.3, -0.25) is 0 Å². The number of hydrogen-bond acceptors (Lipinski definition) is 2. The van der Waals surface area contributed by atoms with Gasteiger partial charge < -0.3 is 10.2 Å². The average Bonchev–Trinajstić information content (AvgIpc) is 3.04. The molecule has 0 saturated heterocycles. The fraction of sp³-hybridized carbons (Fsp3) is 0.0256. The van der Waals surface area contributed by atoms with E-state index in [1.807, 2.05) is 6.07 Å². The number of nitrogens with zero attached hydrogens (tertiary/aromatic N) is 1. The Bertz CT molecular complexity index is 1990. The van der Waals surface area contributed by atoms with Crippen molar-refractivity contribution >= 4 is 44.3 Å². The second kappa shape index (κ2) is 10.7. The van der Waals surface area contributed by atoms with Crippen LogP contribution in [0.3, 0.4) is 0 Å². The molecule has 7 rings (SSSR count). The zero-order chi connectivity index (χ0) is 27.6. The van der Waals surface area contributed by atoms with Gasteiger partial charge in [0, 0.05) is 18.4 Å². The lowest BCUT2D eigenvalue weighted by atomic mass is 9.96. The van der Waals surface area contributed by atoms with Gasteiger partial charge in [-0.15, -0.1) is 0 Å². The molecule has 0 radical (unpaired) electrons. The van der Waals surface area contributed by atoms with E-state index in [9.17, 15) is 0 Å². The molecule has 0 unspecified atom stereocenters. The van der Waals surface area contributed by atoms with Crippen molar-refractivity contribution in [1.82, 2.24) is 0 Å². The Morgan fingerprint density at radius 1 is 0.415 bits per heavy atom. The highest BCUT2D eigenvalue weighted by atomic mass is 15.1. The van der Waals surface area contributed by atoms with E-state index in [4.69, 9.17) is 0 Å². The van der Waals surface area contributed by atoms with Crippen LogP contribution in [0.2, 0.25) is 0 Å². The van der Waals surface area contributed by atoms with E-state index in [1.165, 1.54) is 43.8 Å². The van der Waals surface area contributed by atoms with Crippen molar-refractivity contribution in [2.75, 3.05) is 17.3 Å². The molecule has 7 aromatic carbocycles. The van der Waals surface area contributed by atoms with Crippen molar-refractivity contribution in [3.05, 3.63) is 158 Å². The molecule has 2 heteroatoms. The summed E-state index contributed by atoms with van der Waals surface area (Å²) in [6, 6.07) is 56.2. The molecule has 0 atom stereocenters. The number of nitrogens with one attached hydrogen (secondary N) is 1. The normalized spacial score (nSPS) is 11.0. The Morgan fingerprint density at radius 3 is 1.66 bits per heavy atom. The minimum absolute atomic E-state index is 1.06. The summed E-state index contributed by atoms with van der Waals surface area (Å²) in [6.45, 7) is 0. The highest BCUT2D eigenvalue weighted by molar-refractivity contribution is 5.93. The van der Waals surface area contributed by atoms with Gasteiger partial charge in [0.1, 0.15) is 0 Å². The first kappa shape index (κ1) is 24.7. The molecular formula is C39H30N2. The van der Waals surface area contributed by atoms with E-state index in [1.54, 1.807) is 0 Å². The molecule has 0 aliphatic heterocycles. The third kappa shape index (κ3) is 5.04. The van der Waals surface area contributed by atoms with Gasteiger partial charge in [-0.2, -0.15) is 0 Å². The van der Waals surface area contributed by atoms with Crippen molar-refractivity contribution in [1.29, 1.82) is 0 Å². The van der Waals surface area contributed by atoms with Gasteiger partial charge in [0.05, 0.1) is 11.4 Å². The lowest BCUT2D eigenvalue weighted by Gasteiger charge is -2.23. The second-order valence-corrected chi connectivity index (χ2v) is 10.5. The number of hydrogen-bond donors (Lipinski definition) is 1. The fourth-order valence-electron chi connectivity index (χ4n) is 5.57. The summed E-state index contributed by atoms with van der Waals surface area (Å²) >= 11 is 0. The summed E-state index contributed by atoms with van der Waals surface area (Å²) < 4.78 is 0. The Labute approximate surface area is 241 Å². The van der Waals surface area contributed by atoms with Crippen LogP contribution in [0.4, 0.5) is 22.7 Å². The number of rotatable bonds is 6. The first-order chi connectivity index (χ1) is 20.2. The molecule has 0 spiro atoms. The summed E-state index contributed by atoms with van der Waals surface area (Å²) in [5.74, 6) is 0. The van der Waals surface area contributed by atoms with Crippen LogP contribution in [0, 0.1) is 0 Å². The molecule has 7 aromatic rings. The van der Waals surface area contributed by atoms with Crippen molar-refractivity contribution < 1.29 is 0 Å². The lowest BCUT2D eigenvalue weighted by molar-refractivity contribution is 1.21. The molecule has 0 heterocycles. The molecule has 0 aliphatic carbocycles. The van der Waals surface area contributed by atoms with Crippen LogP contribution in [0.5, 0.6) is 0 Å². The molecule has 0 aromatic heterocycles. The topological polar surface area (TPSA) is 15.3 Å². The smallest absolute Gasteiger partial charge is 0.0647 e. The minimum atomic E-state index is 1.06. The van der Waals surface area contributed by atoms with Crippen LogP contribution >= 0.6 is 0 Å². The maximum absolute atomic E-state index is 3.67. The van der Waals surface area contributed by atoms with E-state index in [0.717, 1.165) is 22.7 Å². The predicted octanol–water partition coefficient (Wildman–Crippen LogP) is 10.8. The van der Waals surface area contributed by atoms with Crippen LogP contribution in [0.25, 0.3) is 43.8 Å². The van der Waals surface area contributed by atoms with Gasteiger partial charge in [-0.25, -0.2) is 0 Å². The molecule has 2 nitrogen and oxygen atoms in total. The molecule has 41 heavy (non-hydrogen) atoms. The van der Waals surface area contributed by atoms with Crippen LogP contribution < -0.4 is 10.2 Å². The Balaban J connectivity index is 1.16. The number of para-hydroxylation sites is 3. The largest absolute Gasteiger partial charge is 0.354 e. The molecule has 0 saturated carbocycles. The van der Waals surface area contributed by atoms with Crippen LogP contribution in [-0.2, 0) is 0 Å². The second-order valence-electron chi connectivity index (χ2n) is 10.5. The summed E-state index contributed by atoms with van der Waals surface area (Å²) in [7, 11) is 2.10. The molecule has 0 amide bonds. The van der Waals surface area contributed by atoms with E-state index in [0.29, 0.717) is 0 Å². The molecular weight excluding hydrogens is 496 g/mol. The number of fused-ring (bicyclic) bond motifs is 2. The maximum atomic E-state index is 3.67. The van der Waals surface area contributed by atoms with Crippen molar-refractivity contribution in [2.24, 2.45) is 0 Å². The van der Waals surface area contributed by atoms with E-state index >= 15 is 0 Å². The van der Waals surface area contributed by atoms with Gasteiger partial charge in [-0.1, -0.05) is 103 Å². The van der Waals surface area contributed by atoms with E-state index < -0.39 is 0 Å². The SMILES string of the molecule is CN(c1ccccc1)c1ccccc1Nc1cccc(-c2ccc3cc(-c4ccc5ccccc5c4)ccc3c2)c1. The molecule has 1 N–H and O–H groups in total. The van der Waals surface area contributed by atoms with Crippen molar-refractivity contribution in [2.45, 2.75) is 0 Å². The summed E-state index contributed by atoms with van der Waals surface area (Å²) in [5.41, 5.74) is 9.26. The van der Waals surface area contributed by atoms with Crippen molar-refractivity contribution in [3.63, 3.8) is 0 Å². The Hall–Kier alpha value is -5.34. The Kier molecular flexibility index (Phi) is 6.42. The van der Waals surface area contributed by atoms with Gasteiger partial charge in [0.2, 0.25) is 0 Å². The predicted molar refractivity (Wildman–Crippen MR) is 177 cm³/mol. The monoisotopic (exact) mass is 526 g/mol. The standard InChI is InChI=1S/C39H30N2/c1-41(37-14-3-2-4-15-37)39-17-8-7-16-38(39)40-36-13-9-12-30(27-36)31-20-21-35-26-34(23-22-33(35)25-31)32-19-18-28-10-5-6-11-29(28)24-32/h2-27,40H,1H3. The summed E-state index contributed by atoms with van der Waals surface area (Å²) in [6.07, 6.45) is 0. The third-order valence-corrected chi connectivity index (χ3v) is 7.81. The van der Waals surface area contributed by atoms with Gasteiger partial charge in [0.15, 0.2) is 0 Å². The zero-order valence-electron chi connectivity index (χ0n) is 23.0. The highest BCUT2D eigenvalue weighted by Gasteiger charge is 2.10. The molecule has 0 fully saturated rings. The molecule has 0 bridgehead atoms. The fourth-order valence-corrected chi connectivity index (χ4v) is 5.57. The van der Waals surface area contributed by atoms with Gasteiger partial charge in [0.25, 0.3) is 0 Å². The first-order valence-electron chi connectivity index (χ1n) is 14.0.